The van der Waals surface area contributed by atoms with Gasteiger partial charge in [-0.2, -0.15) is 5.26 Å². The van der Waals surface area contributed by atoms with Crippen molar-refractivity contribution in [2.75, 3.05) is 0 Å². The molecule has 0 aromatic carbocycles. The van der Waals surface area contributed by atoms with Crippen molar-refractivity contribution in [2.45, 2.75) is 26.3 Å². The van der Waals surface area contributed by atoms with Crippen molar-refractivity contribution < 1.29 is 4.79 Å². The van der Waals surface area contributed by atoms with Gasteiger partial charge < -0.3 is 5.32 Å². The van der Waals surface area contributed by atoms with Crippen LogP contribution in [-0.2, 0) is 4.79 Å². The minimum Gasteiger partial charge on any atom is -0.341 e. The van der Waals surface area contributed by atoms with Gasteiger partial charge in [-0.3, -0.25) is 4.79 Å². The van der Waals surface area contributed by atoms with E-state index in [9.17, 15) is 4.79 Å². The van der Waals surface area contributed by atoms with Gasteiger partial charge in [-0.15, -0.1) is 0 Å². The lowest BCUT2D eigenvalue weighted by Crippen LogP contribution is -2.30. The maximum Gasteiger partial charge on any atom is 0.217 e. The Morgan fingerprint density at radius 3 is 2.56 bits per heavy atom. The second kappa shape index (κ2) is 3.90. The van der Waals surface area contributed by atoms with Crippen LogP contribution in [0.4, 0.5) is 0 Å². The first-order valence-corrected chi connectivity index (χ1v) is 2.87. The highest BCUT2D eigenvalue weighted by molar-refractivity contribution is 5.73. The second-order valence-corrected chi connectivity index (χ2v) is 1.79. The second-order valence-electron chi connectivity index (χ2n) is 1.79. The molecule has 0 saturated heterocycles. The van der Waals surface area contributed by atoms with E-state index < -0.39 is 0 Å². The minimum atomic E-state index is -0.317. The summed E-state index contributed by atoms with van der Waals surface area (Å²) in [5.41, 5.74) is 0. The molecule has 1 amide bonds. The molecule has 0 heterocycles. The van der Waals surface area contributed by atoms with E-state index in [0.717, 1.165) is 0 Å². The predicted octanol–water partition coefficient (Wildman–Crippen LogP) is 0.425. The molecule has 3 nitrogen and oxygen atoms in total. The number of nitriles is 1. The van der Waals surface area contributed by atoms with Crippen LogP contribution < -0.4 is 5.32 Å². The Labute approximate surface area is 54.7 Å². The molecule has 0 aromatic heterocycles. The van der Waals surface area contributed by atoms with E-state index in [1.807, 2.05) is 13.0 Å². The van der Waals surface area contributed by atoms with Crippen molar-refractivity contribution in [3.63, 3.8) is 0 Å². The van der Waals surface area contributed by atoms with Crippen molar-refractivity contribution in [3.8, 4) is 6.07 Å². The lowest BCUT2D eigenvalue weighted by Gasteiger charge is -2.04. The van der Waals surface area contributed by atoms with Crippen molar-refractivity contribution in [1.82, 2.24) is 5.32 Å². The molecular formula is C6H10N2O. The number of carbonyl (C=O) groups excluding carboxylic acids is 1. The topological polar surface area (TPSA) is 52.9 Å². The Morgan fingerprint density at radius 2 is 2.44 bits per heavy atom. The molecule has 50 valence electrons. The van der Waals surface area contributed by atoms with Crippen molar-refractivity contribution >= 4 is 5.91 Å². The molecule has 0 spiro atoms. The lowest BCUT2D eigenvalue weighted by atomic mass is 10.2. The predicted molar refractivity (Wildman–Crippen MR) is 33.5 cm³/mol. The van der Waals surface area contributed by atoms with Gasteiger partial charge in [0.25, 0.3) is 0 Å². The Bertz CT molecular complexity index is 136. The standard InChI is InChI=1S/C6H10N2O/c1-3-6(4-7)8-5(2)9/h6H,3H2,1-2H3,(H,8,9)/t6-/m1/s1. The molecule has 0 radical (unpaired) electrons. The molecule has 9 heavy (non-hydrogen) atoms. The maximum absolute atomic E-state index is 10.3. The average Bonchev–Trinajstić information content (AvgIpc) is 1.82. The summed E-state index contributed by atoms with van der Waals surface area (Å²) >= 11 is 0. The molecule has 0 aliphatic rings. The molecule has 0 unspecified atom stereocenters. The van der Waals surface area contributed by atoms with E-state index in [-0.39, 0.29) is 11.9 Å². The quantitative estimate of drug-likeness (QED) is 0.583. The monoisotopic (exact) mass is 126 g/mol. The smallest absolute Gasteiger partial charge is 0.217 e. The third kappa shape index (κ3) is 3.53. The van der Waals surface area contributed by atoms with E-state index in [0.29, 0.717) is 6.42 Å². The van der Waals surface area contributed by atoms with Gasteiger partial charge in [-0.05, 0) is 6.42 Å². The normalized spacial score (nSPS) is 11.7. The number of nitrogens with one attached hydrogen (secondary N) is 1. The molecule has 0 bridgehead atoms. The fraction of sp³-hybridized carbons (Fsp3) is 0.667. The SMILES string of the molecule is CC[C@H](C#N)NC(C)=O. The summed E-state index contributed by atoms with van der Waals surface area (Å²) in [6.07, 6.45) is 0.663. The highest BCUT2D eigenvalue weighted by Gasteiger charge is 2.02. The first kappa shape index (κ1) is 7.96. The Hall–Kier alpha value is -1.04. The number of rotatable bonds is 2. The Kier molecular flexibility index (Phi) is 3.45. The van der Waals surface area contributed by atoms with Crippen molar-refractivity contribution in [2.24, 2.45) is 0 Å². The molecule has 0 saturated carbocycles. The largest absolute Gasteiger partial charge is 0.341 e. The number of hydrogen-bond acceptors (Lipinski definition) is 2. The van der Waals surface area contributed by atoms with Gasteiger partial charge in [0.2, 0.25) is 5.91 Å². The first-order chi connectivity index (χ1) is 4.20. The van der Waals surface area contributed by atoms with E-state index in [2.05, 4.69) is 5.32 Å². The summed E-state index contributed by atoms with van der Waals surface area (Å²) in [7, 11) is 0. The number of carbonyl (C=O) groups is 1. The number of nitrogens with zero attached hydrogens (tertiary/aromatic N) is 1. The molecular weight excluding hydrogens is 116 g/mol. The van der Waals surface area contributed by atoms with Crippen LogP contribution in [0.1, 0.15) is 20.3 Å². The molecule has 0 rings (SSSR count). The molecule has 0 fully saturated rings. The summed E-state index contributed by atoms with van der Waals surface area (Å²) in [4.78, 5) is 10.3. The van der Waals surface area contributed by atoms with Crippen LogP contribution in [0.25, 0.3) is 0 Å². The van der Waals surface area contributed by atoms with Gasteiger partial charge in [0.05, 0.1) is 6.07 Å². The highest BCUT2D eigenvalue weighted by atomic mass is 16.1. The van der Waals surface area contributed by atoms with Gasteiger partial charge in [0.1, 0.15) is 6.04 Å². The van der Waals surface area contributed by atoms with E-state index in [1.165, 1.54) is 6.92 Å². The van der Waals surface area contributed by atoms with Gasteiger partial charge >= 0.3 is 0 Å². The van der Waals surface area contributed by atoms with Crippen molar-refractivity contribution in [1.29, 1.82) is 5.26 Å². The molecule has 3 heteroatoms. The van der Waals surface area contributed by atoms with Crippen molar-refractivity contribution in [3.05, 3.63) is 0 Å². The molecule has 0 aliphatic heterocycles. The number of hydrogen-bond donors (Lipinski definition) is 1. The molecule has 1 N–H and O–H groups in total. The van der Waals surface area contributed by atoms with Gasteiger partial charge in [-0.25, -0.2) is 0 Å². The van der Waals surface area contributed by atoms with Crippen LogP contribution in [0.5, 0.6) is 0 Å². The van der Waals surface area contributed by atoms with Gasteiger partial charge in [-0.1, -0.05) is 6.92 Å². The fourth-order valence-electron chi connectivity index (χ4n) is 0.471. The molecule has 1 atom stereocenters. The fourth-order valence-corrected chi connectivity index (χ4v) is 0.471. The van der Waals surface area contributed by atoms with Crippen LogP contribution in [0.2, 0.25) is 0 Å². The van der Waals surface area contributed by atoms with E-state index >= 15 is 0 Å². The molecule has 0 aromatic rings. The van der Waals surface area contributed by atoms with Crippen LogP contribution in [0.3, 0.4) is 0 Å². The summed E-state index contributed by atoms with van der Waals surface area (Å²) in [5, 5.41) is 10.8. The van der Waals surface area contributed by atoms with Gasteiger partial charge in [0.15, 0.2) is 0 Å². The number of amides is 1. The van der Waals surface area contributed by atoms with Crippen LogP contribution >= 0.6 is 0 Å². The Balaban J connectivity index is 3.60. The molecule has 0 aliphatic carbocycles. The van der Waals surface area contributed by atoms with E-state index in [4.69, 9.17) is 5.26 Å². The Morgan fingerprint density at radius 1 is 1.89 bits per heavy atom. The summed E-state index contributed by atoms with van der Waals surface area (Å²) < 4.78 is 0. The van der Waals surface area contributed by atoms with E-state index in [1.54, 1.807) is 0 Å². The third-order valence-corrected chi connectivity index (χ3v) is 0.942. The first-order valence-electron chi connectivity index (χ1n) is 2.87. The maximum atomic E-state index is 10.3. The summed E-state index contributed by atoms with van der Waals surface area (Å²) in [6, 6.07) is 1.63. The highest BCUT2D eigenvalue weighted by Crippen LogP contribution is 1.85. The summed E-state index contributed by atoms with van der Waals surface area (Å²) in [6.45, 7) is 3.25. The van der Waals surface area contributed by atoms with Crippen LogP contribution in [0.15, 0.2) is 0 Å². The third-order valence-electron chi connectivity index (χ3n) is 0.942. The van der Waals surface area contributed by atoms with Crippen LogP contribution in [-0.4, -0.2) is 11.9 Å². The zero-order valence-corrected chi connectivity index (χ0v) is 5.64. The lowest BCUT2D eigenvalue weighted by molar-refractivity contribution is -0.119. The zero-order chi connectivity index (χ0) is 7.28. The van der Waals surface area contributed by atoms with Crippen LogP contribution in [0, 0.1) is 11.3 Å². The van der Waals surface area contributed by atoms with Gasteiger partial charge in [0, 0.05) is 6.92 Å². The summed E-state index contributed by atoms with van der Waals surface area (Å²) in [5.74, 6) is -0.150. The zero-order valence-electron chi connectivity index (χ0n) is 5.64. The minimum absolute atomic E-state index is 0.150. The average molecular weight is 126 g/mol.